The Hall–Kier alpha value is -0.120. The third kappa shape index (κ3) is 4.81. The average Bonchev–Trinajstić information content (AvgIpc) is 2.78. The molecule has 0 amide bonds. The molecule has 0 aliphatic carbocycles. The molecular weight excluding hydrogens is 204 g/mol. The molecule has 3 unspecified atom stereocenters. The summed E-state index contributed by atoms with van der Waals surface area (Å²) in [7, 11) is 0. The summed E-state index contributed by atoms with van der Waals surface area (Å²) in [4.78, 5) is 0. The maximum atomic E-state index is 5.75. The monoisotopic (exact) mass is 230 g/mol. The fourth-order valence-corrected chi connectivity index (χ4v) is 1.45. The molecule has 0 N–H and O–H groups in total. The second kappa shape index (κ2) is 4.63. The fourth-order valence-electron chi connectivity index (χ4n) is 1.45. The van der Waals surface area contributed by atoms with Crippen molar-refractivity contribution in [2.45, 2.75) is 72.6 Å². The van der Waals surface area contributed by atoms with Gasteiger partial charge in [-0.1, -0.05) is 20.8 Å². The van der Waals surface area contributed by atoms with Crippen LogP contribution in [0.1, 0.15) is 48.5 Å². The summed E-state index contributed by atoms with van der Waals surface area (Å²) >= 11 is 0. The van der Waals surface area contributed by atoms with Crippen LogP contribution in [0.25, 0.3) is 0 Å². The van der Waals surface area contributed by atoms with Gasteiger partial charge < -0.3 is 14.2 Å². The van der Waals surface area contributed by atoms with Gasteiger partial charge in [-0.2, -0.15) is 0 Å². The third-order valence-corrected chi connectivity index (χ3v) is 2.42. The molecule has 1 aliphatic heterocycles. The lowest BCUT2D eigenvalue weighted by atomic mass is 9.92. The molecule has 0 aromatic carbocycles. The number of hydrogen-bond acceptors (Lipinski definition) is 3. The highest BCUT2D eigenvalue weighted by molar-refractivity contribution is 4.88. The van der Waals surface area contributed by atoms with Crippen LogP contribution in [0.4, 0.5) is 0 Å². The van der Waals surface area contributed by atoms with Crippen molar-refractivity contribution < 1.29 is 14.2 Å². The summed E-state index contributed by atoms with van der Waals surface area (Å²) in [5.74, 6) is 0. The van der Waals surface area contributed by atoms with Gasteiger partial charge in [0.15, 0.2) is 6.29 Å². The van der Waals surface area contributed by atoms with E-state index in [9.17, 15) is 0 Å². The lowest BCUT2D eigenvalue weighted by Gasteiger charge is -2.22. The lowest BCUT2D eigenvalue weighted by molar-refractivity contribution is -0.0871. The third-order valence-electron chi connectivity index (χ3n) is 2.42. The van der Waals surface area contributed by atoms with Gasteiger partial charge >= 0.3 is 0 Å². The molecule has 16 heavy (non-hydrogen) atoms. The molecule has 1 heterocycles. The van der Waals surface area contributed by atoms with E-state index in [1.54, 1.807) is 0 Å². The van der Waals surface area contributed by atoms with Crippen LogP contribution in [0, 0.1) is 5.41 Å². The van der Waals surface area contributed by atoms with Crippen molar-refractivity contribution in [2.24, 2.45) is 5.41 Å². The Morgan fingerprint density at radius 3 is 2.06 bits per heavy atom. The minimum Gasteiger partial charge on any atom is -0.373 e. The van der Waals surface area contributed by atoms with E-state index < -0.39 is 0 Å². The summed E-state index contributed by atoms with van der Waals surface area (Å²) in [6, 6.07) is 0. The molecule has 3 heteroatoms. The van der Waals surface area contributed by atoms with E-state index in [-0.39, 0.29) is 29.5 Å². The molecule has 96 valence electrons. The van der Waals surface area contributed by atoms with E-state index in [0.29, 0.717) is 6.61 Å². The molecule has 3 atom stereocenters. The zero-order valence-electron chi connectivity index (χ0n) is 11.7. The average molecular weight is 230 g/mol. The standard InChI is InChI=1S/C13H26O3/c1-9(8-14-13(5,6)7)15-11-10(16-11)12(2,3)4/h9-11H,8H2,1-7H3. The van der Waals surface area contributed by atoms with E-state index in [4.69, 9.17) is 14.2 Å². The van der Waals surface area contributed by atoms with Crippen molar-refractivity contribution in [3.05, 3.63) is 0 Å². The van der Waals surface area contributed by atoms with Gasteiger partial charge in [0.25, 0.3) is 0 Å². The lowest BCUT2D eigenvalue weighted by Crippen LogP contribution is -2.28. The molecule has 0 aromatic rings. The van der Waals surface area contributed by atoms with Crippen LogP contribution in [0.3, 0.4) is 0 Å². The van der Waals surface area contributed by atoms with Crippen molar-refractivity contribution in [3.63, 3.8) is 0 Å². The highest BCUT2D eigenvalue weighted by atomic mass is 16.8. The highest BCUT2D eigenvalue weighted by Gasteiger charge is 2.49. The Labute approximate surface area is 99.5 Å². The van der Waals surface area contributed by atoms with Crippen LogP contribution in [-0.2, 0) is 14.2 Å². The largest absolute Gasteiger partial charge is 0.373 e. The summed E-state index contributed by atoms with van der Waals surface area (Å²) in [6.45, 7) is 15.3. The summed E-state index contributed by atoms with van der Waals surface area (Å²) < 4.78 is 16.9. The Morgan fingerprint density at radius 1 is 1.12 bits per heavy atom. The van der Waals surface area contributed by atoms with Crippen LogP contribution in [0.15, 0.2) is 0 Å². The molecule has 0 spiro atoms. The van der Waals surface area contributed by atoms with E-state index in [1.165, 1.54) is 0 Å². The fraction of sp³-hybridized carbons (Fsp3) is 1.00. The summed E-state index contributed by atoms with van der Waals surface area (Å²) in [6.07, 6.45) is 0.264. The maximum Gasteiger partial charge on any atom is 0.185 e. The first-order valence-electron chi connectivity index (χ1n) is 6.04. The molecule has 1 fully saturated rings. The smallest absolute Gasteiger partial charge is 0.185 e. The molecule has 1 aliphatic rings. The molecule has 0 aromatic heterocycles. The van der Waals surface area contributed by atoms with Gasteiger partial charge in [0, 0.05) is 0 Å². The van der Waals surface area contributed by atoms with Gasteiger partial charge in [0.05, 0.1) is 18.3 Å². The molecular formula is C13H26O3. The molecule has 1 saturated heterocycles. The normalized spacial score (nSPS) is 27.9. The zero-order chi connectivity index (χ0) is 12.6. The van der Waals surface area contributed by atoms with E-state index >= 15 is 0 Å². The minimum absolute atomic E-state index is 0.0430. The Morgan fingerprint density at radius 2 is 1.69 bits per heavy atom. The van der Waals surface area contributed by atoms with Crippen LogP contribution in [0.2, 0.25) is 0 Å². The van der Waals surface area contributed by atoms with Crippen molar-refractivity contribution in [1.29, 1.82) is 0 Å². The minimum atomic E-state index is -0.106. The topological polar surface area (TPSA) is 31.0 Å². The number of epoxide rings is 1. The number of hydrogen-bond donors (Lipinski definition) is 0. The van der Waals surface area contributed by atoms with Gasteiger partial charge in [-0.3, -0.25) is 0 Å². The van der Waals surface area contributed by atoms with Gasteiger partial charge in [0.2, 0.25) is 0 Å². The molecule has 0 radical (unpaired) electrons. The van der Waals surface area contributed by atoms with Crippen LogP contribution < -0.4 is 0 Å². The van der Waals surface area contributed by atoms with Gasteiger partial charge in [-0.15, -0.1) is 0 Å². The van der Waals surface area contributed by atoms with Crippen molar-refractivity contribution in [2.75, 3.05) is 6.61 Å². The predicted octanol–water partition coefficient (Wildman–Crippen LogP) is 2.98. The van der Waals surface area contributed by atoms with Crippen molar-refractivity contribution >= 4 is 0 Å². The summed E-state index contributed by atoms with van der Waals surface area (Å²) in [5, 5.41) is 0. The second-order valence-corrected chi connectivity index (χ2v) is 6.66. The molecule has 0 saturated carbocycles. The van der Waals surface area contributed by atoms with Crippen LogP contribution in [0.5, 0.6) is 0 Å². The van der Waals surface area contributed by atoms with Gasteiger partial charge in [0.1, 0.15) is 6.10 Å². The van der Waals surface area contributed by atoms with Crippen LogP contribution >= 0.6 is 0 Å². The van der Waals surface area contributed by atoms with Gasteiger partial charge in [-0.25, -0.2) is 0 Å². The first-order valence-corrected chi connectivity index (χ1v) is 6.04. The first kappa shape index (κ1) is 13.9. The SMILES string of the molecule is CC(COC(C)(C)C)OC1OC1C(C)(C)C. The Balaban J connectivity index is 2.20. The van der Waals surface area contributed by atoms with E-state index in [1.807, 2.05) is 27.7 Å². The van der Waals surface area contributed by atoms with Crippen molar-refractivity contribution in [3.8, 4) is 0 Å². The zero-order valence-corrected chi connectivity index (χ0v) is 11.7. The Kier molecular flexibility index (Phi) is 4.04. The molecule has 1 rings (SSSR count). The maximum absolute atomic E-state index is 5.75. The molecule has 0 bridgehead atoms. The second-order valence-electron chi connectivity index (χ2n) is 6.66. The van der Waals surface area contributed by atoms with Gasteiger partial charge in [-0.05, 0) is 33.1 Å². The molecule has 3 nitrogen and oxygen atoms in total. The summed E-state index contributed by atoms with van der Waals surface area (Å²) in [5.41, 5.74) is 0.0563. The quantitative estimate of drug-likeness (QED) is 0.696. The van der Waals surface area contributed by atoms with Crippen molar-refractivity contribution in [1.82, 2.24) is 0 Å². The number of rotatable bonds is 4. The number of ether oxygens (including phenoxy) is 3. The highest BCUT2D eigenvalue weighted by Crippen LogP contribution is 2.39. The Bertz CT molecular complexity index is 224. The van der Waals surface area contributed by atoms with E-state index in [0.717, 1.165) is 0 Å². The first-order chi connectivity index (χ1) is 7.09. The van der Waals surface area contributed by atoms with Crippen LogP contribution in [-0.4, -0.2) is 30.7 Å². The predicted molar refractivity (Wildman–Crippen MR) is 64.4 cm³/mol. The van der Waals surface area contributed by atoms with E-state index in [2.05, 4.69) is 20.8 Å².